The summed E-state index contributed by atoms with van der Waals surface area (Å²) >= 11 is 5.95. The molecule has 0 aromatic heterocycles. The summed E-state index contributed by atoms with van der Waals surface area (Å²) in [7, 11) is 0. The van der Waals surface area contributed by atoms with Crippen LogP contribution in [0.4, 0.5) is 5.69 Å². The summed E-state index contributed by atoms with van der Waals surface area (Å²) in [5, 5.41) is 7.32. The van der Waals surface area contributed by atoms with Gasteiger partial charge < -0.3 is 19.5 Å². The summed E-state index contributed by atoms with van der Waals surface area (Å²) in [6.07, 6.45) is 0.0198. The molecule has 0 saturated carbocycles. The van der Waals surface area contributed by atoms with Crippen molar-refractivity contribution in [2.24, 2.45) is 5.10 Å². The van der Waals surface area contributed by atoms with E-state index in [1.165, 1.54) is 0 Å². The molecule has 1 heterocycles. The molecule has 2 aromatic rings. The van der Waals surface area contributed by atoms with Crippen molar-refractivity contribution in [1.29, 1.82) is 0 Å². The lowest BCUT2D eigenvalue weighted by molar-refractivity contribution is -0.123. The van der Waals surface area contributed by atoms with Crippen LogP contribution in [0.5, 0.6) is 17.2 Å². The maximum absolute atomic E-state index is 12.2. The van der Waals surface area contributed by atoms with Crippen molar-refractivity contribution in [3.63, 3.8) is 0 Å². The highest BCUT2D eigenvalue weighted by atomic mass is 35.5. The number of hydrazone groups is 1. The Morgan fingerprint density at radius 2 is 1.87 bits per heavy atom. The third-order valence-corrected chi connectivity index (χ3v) is 4.54. The molecule has 0 fully saturated rings. The zero-order valence-electron chi connectivity index (χ0n) is 16.7. The van der Waals surface area contributed by atoms with Crippen molar-refractivity contribution in [2.75, 3.05) is 25.1 Å². The standard InChI is InChI=1S/C21H22ClN3O5/c1-13-9-16(4-5-17(13)22)30-12-21(27)25-24-14(2)10-20(26)23-15-3-6-18-19(11-15)29-8-7-28-18/h3-6,9,11H,7-8,10,12H2,1-2H3,(H,23,26)(H,25,27)/b24-14-. The molecule has 1 aliphatic heterocycles. The lowest BCUT2D eigenvalue weighted by atomic mass is 10.2. The van der Waals surface area contributed by atoms with Gasteiger partial charge in [-0.3, -0.25) is 9.59 Å². The second-order valence-electron chi connectivity index (χ2n) is 6.67. The quantitative estimate of drug-likeness (QED) is 0.517. The molecule has 30 heavy (non-hydrogen) atoms. The van der Waals surface area contributed by atoms with E-state index in [2.05, 4.69) is 15.8 Å². The number of halogens is 1. The highest BCUT2D eigenvalue weighted by Crippen LogP contribution is 2.32. The SMILES string of the molecule is C/C(CC(=O)Nc1ccc2c(c1)OCCO2)=N/NC(=O)COc1ccc(Cl)c(C)c1. The van der Waals surface area contributed by atoms with Gasteiger partial charge in [-0.15, -0.1) is 0 Å². The van der Waals surface area contributed by atoms with Gasteiger partial charge in [0.05, 0.1) is 6.42 Å². The van der Waals surface area contributed by atoms with E-state index in [4.69, 9.17) is 25.8 Å². The van der Waals surface area contributed by atoms with Crippen LogP contribution in [0.2, 0.25) is 5.02 Å². The summed E-state index contributed by atoms with van der Waals surface area (Å²) in [6, 6.07) is 10.3. The molecule has 0 bridgehead atoms. The van der Waals surface area contributed by atoms with Crippen LogP contribution in [0.1, 0.15) is 18.9 Å². The first-order chi connectivity index (χ1) is 14.4. The average Bonchev–Trinajstić information content (AvgIpc) is 2.73. The minimum atomic E-state index is -0.436. The highest BCUT2D eigenvalue weighted by Gasteiger charge is 2.13. The van der Waals surface area contributed by atoms with E-state index in [9.17, 15) is 9.59 Å². The molecule has 0 aliphatic carbocycles. The predicted octanol–water partition coefficient (Wildman–Crippen LogP) is 3.32. The largest absolute Gasteiger partial charge is 0.486 e. The molecule has 158 valence electrons. The molecule has 3 rings (SSSR count). The minimum Gasteiger partial charge on any atom is -0.486 e. The fourth-order valence-corrected chi connectivity index (χ4v) is 2.76. The molecule has 0 unspecified atom stereocenters. The van der Waals surface area contributed by atoms with Gasteiger partial charge in [0.1, 0.15) is 19.0 Å². The molecule has 0 spiro atoms. The molecule has 0 saturated heterocycles. The van der Waals surface area contributed by atoms with Gasteiger partial charge in [-0.2, -0.15) is 5.10 Å². The number of fused-ring (bicyclic) bond motifs is 1. The first-order valence-corrected chi connectivity index (χ1v) is 9.69. The van der Waals surface area contributed by atoms with Crippen LogP contribution in [0, 0.1) is 6.92 Å². The van der Waals surface area contributed by atoms with Crippen LogP contribution in [0.3, 0.4) is 0 Å². The van der Waals surface area contributed by atoms with Gasteiger partial charge in [-0.1, -0.05) is 11.6 Å². The predicted molar refractivity (Wildman–Crippen MR) is 114 cm³/mol. The Morgan fingerprint density at radius 1 is 1.10 bits per heavy atom. The van der Waals surface area contributed by atoms with Crippen molar-refractivity contribution < 1.29 is 23.8 Å². The maximum Gasteiger partial charge on any atom is 0.277 e. The summed E-state index contributed by atoms with van der Waals surface area (Å²) < 4.78 is 16.3. The van der Waals surface area contributed by atoms with E-state index >= 15 is 0 Å². The van der Waals surface area contributed by atoms with Crippen molar-refractivity contribution in [2.45, 2.75) is 20.3 Å². The zero-order chi connectivity index (χ0) is 21.5. The summed E-state index contributed by atoms with van der Waals surface area (Å²) in [4.78, 5) is 24.1. The van der Waals surface area contributed by atoms with E-state index in [1.807, 2.05) is 6.92 Å². The summed E-state index contributed by atoms with van der Waals surface area (Å²) in [6.45, 7) is 4.26. The number of carbonyl (C=O) groups excluding carboxylic acids is 2. The molecule has 2 aromatic carbocycles. The molecular weight excluding hydrogens is 410 g/mol. The Bertz CT molecular complexity index is 977. The van der Waals surface area contributed by atoms with Crippen molar-refractivity contribution in [1.82, 2.24) is 5.43 Å². The zero-order valence-corrected chi connectivity index (χ0v) is 17.4. The number of aryl methyl sites for hydroxylation is 1. The van der Waals surface area contributed by atoms with Crippen molar-refractivity contribution in [3.8, 4) is 17.2 Å². The molecule has 2 N–H and O–H groups in total. The van der Waals surface area contributed by atoms with E-state index in [0.717, 1.165) is 5.56 Å². The number of amides is 2. The number of benzene rings is 2. The van der Waals surface area contributed by atoms with Crippen molar-refractivity contribution >= 4 is 34.8 Å². The number of hydrogen-bond donors (Lipinski definition) is 2. The molecule has 0 radical (unpaired) electrons. The van der Waals surface area contributed by atoms with E-state index in [0.29, 0.717) is 46.9 Å². The molecular formula is C21H22ClN3O5. The van der Waals surface area contributed by atoms with Gasteiger partial charge in [0.2, 0.25) is 5.91 Å². The highest BCUT2D eigenvalue weighted by molar-refractivity contribution is 6.31. The Hall–Kier alpha value is -3.26. The molecule has 2 amide bonds. The monoisotopic (exact) mass is 431 g/mol. The first kappa shape index (κ1) is 21.4. The van der Waals surface area contributed by atoms with Crippen LogP contribution in [-0.2, 0) is 9.59 Å². The number of rotatable bonds is 7. The number of anilines is 1. The van der Waals surface area contributed by atoms with E-state index < -0.39 is 5.91 Å². The Morgan fingerprint density at radius 3 is 2.63 bits per heavy atom. The third-order valence-electron chi connectivity index (χ3n) is 4.11. The summed E-state index contributed by atoms with van der Waals surface area (Å²) in [5.41, 5.74) is 4.26. The second-order valence-corrected chi connectivity index (χ2v) is 7.07. The maximum atomic E-state index is 12.2. The number of nitrogens with one attached hydrogen (secondary N) is 2. The number of carbonyl (C=O) groups is 2. The lowest BCUT2D eigenvalue weighted by Gasteiger charge is -2.19. The molecule has 1 aliphatic rings. The van der Waals surface area contributed by atoms with Crippen molar-refractivity contribution in [3.05, 3.63) is 47.0 Å². The number of nitrogens with zero attached hydrogens (tertiary/aromatic N) is 1. The fourth-order valence-electron chi connectivity index (χ4n) is 2.64. The Kier molecular flexibility index (Phi) is 7.13. The van der Waals surface area contributed by atoms with Crippen LogP contribution in [0.25, 0.3) is 0 Å². The molecule has 0 atom stereocenters. The Labute approximate surface area is 179 Å². The normalized spacial score (nSPS) is 12.8. The van der Waals surface area contributed by atoms with Gasteiger partial charge in [0.25, 0.3) is 5.91 Å². The van der Waals surface area contributed by atoms with Gasteiger partial charge in [-0.25, -0.2) is 5.43 Å². The topological polar surface area (TPSA) is 98.3 Å². The fraction of sp³-hybridized carbons (Fsp3) is 0.286. The molecule has 8 nitrogen and oxygen atoms in total. The van der Waals surface area contributed by atoms with Crippen LogP contribution >= 0.6 is 11.6 Å². The van der Waals surface area contributed by atoms with Gasteiger partial charge in [0, 0.05) is 22.5 Å². The number of ether oxygens (including phenoxy) is 3. The minimum absolute atomic E-state index is 0.0198. The van der Waals surface area contributed by atoms with Gasteiger partial charge in [0.15, 0.2) is 18.1 Å². The Balaban J connectivity index is 1.44. The van der Waals surface area contributed by atoms with Gasteiger partial charge >= 0.3 is 0 Å². The molecule has 9 heteroatoms. The first-order valence-electron chi connectivity index (χ1n) is 9.31. The van der Waals surface area contributed by atoms with Crippen LogP contribution in [0.15, 0.2) is 41.5 Å². The van der Waals surface area contributed by atoms with Crippen LogP contribution in [-0.4, -0.2) is 37.3 Å². The average molecular weight is 432 g/mol. The second kappa shape index (κ2) is 9.98. The van der Waals surface area contributed by atoms with E-state index in [-0.39, 0.29) is 18.9 Å². The summed E-state index contributed by atoms with van der Waals surface area (Å²) in [5.74, 6) is 1.07. The third kappa shape index (κ3) is 6.12. The smallest absolute Gasteiger partial charge is 0.277 e. The van der Waals surface area contributed by atoms with Crippen LogP contribution < -0.4 is 25.0 Å². The lowest BCUT2D eigenvalue weighted by Crippen LogP contribution is -2.26. The van der Waals surface area contributed by atoms with E-state index in [1.54, 1.807) is 43.3 Å². The van der Waals surface area contributed by atoms with Gasteiger partial charge in [-0.05, 0) is 49.7 Å². The number of hydrogen-bond acceptors (Lipinski definition) is 6.